The molecule has 0 saturated heterocycles. The van der Waals surface area contributed by atoms with Gasteiger partial charge in [-0.3, -0.25) is 4.98 Å². The van der Waals surface area contributed by atoms with E-state index in [0.29, 0.717) is 11.6 Å². The summed E-state index contributed by atoms with van der Waals surface area (Å²) in [4.78, 5) is 20.0. The van der Waals surface area contributed by atoms with Gasteiger partial charge in [0.15, 0.2) is 5.69 Å². The zero-order valence-electron chi connectivity index (χ0n) is 10.8. The molecule has 0 bridgehead atoms. The van der Waals surface area contributed by atoms with Crippen molar-refractivity contribution in [2.75, 3.05) is 5.32 Å². The second-order valence-electron chi connectivity index (χ2n) is 4.29. The number of carbonyl (C=O) groups excluding carboxylic acids is 1. The van der Waals surface area contributed by atoms with Crippen LogP contribution in [0.1, 0.15) is 24.3 Å². The third-order valence-electron chi connectivity index (χ3n) is 2.24. The van der Waals surface area contributed by atoms with E-state index in [1.807, 2.05) is 13.8 Å². The number of pyridine rings is 2. The molecule has 0 atom stereocenters. The Morgan fingerprint density at radius 2 is 2.11 bits per heavy atom. The van der Waals surface area contributed by atoms with Gasteiger partial charge >= 0.3 is 5.97 Å². The molecular formula is C14H15N3O2. The first-order valence-corrected chi connectivity index (χ1v) is 6.01. The summed E-state index contributed by atoms with van der Waals surface area (Å²) in [5, 5.41) is 3.13. The van der Waals surface area contributed by atoms with Crippen molar-refractivity contribution < 1.29 is 9.53 Å². The van der Waals surface area contributed by atoms with Crippen molar-refractivity contribution in [1.82, 2.24) is 9.97 Å². The summed E-state index contributed by atoms with van der Waals surface area (Å²) in [7, 11) is 0. The number of nitrogens with one attached hydrogen (secondary N) is 1. The van der Waals surface area contributed by atoms with Crippen LogP contribution < -0.4 is 10.1 Å². The van der Waals surface area contributed by atoms with Crippen molar-refractivity contribution in [2.24, 2.45) is 0 Å². The monoisotopic (exact) mass is 257 g/mol. The van der Waals surface area contributed by atoms with Crippen LogP contribution in [0.15, 0.2) is 42.7 Å². The molecular weight excluding hydrogens is 242 g/mol. The summed E-state index contributed by atoms with van der Waals surface area (Å²) < 4.78 is 5.17. The highest BCUT2D eigenvalue weighted by atomic mass is 16.5. The van der Waals surface area contributed by atoms with Crippen molar-refractivity contribution in [3.8, 4) is 5.75 Å². The summed E-state index contributed by atoms with van der Waals surface area (Å²) in [6.07, 6.45) is 3.09. The van der Waals surface area contributed by atoms with Crippen molar-refractivity contribution in [3.05, 3.63) is 48.4 Å². The summed E-state index contributed by atoms with van der Waals surface area (Å²) >= 11 is 0. The Hall–Kier alpha value is -2.43. The maximum absolute atomic E-state index is 11.9. The van der Waals surface area contributed by atoms with Gasteiger partial charge in [0, 0.05) is 12.2 Å². The second-order valence-corrected chi connectivity index (χ2v) is 4.29. The quantitative estimate of drug-likeness (QED) is 0.853. The van der Waals surface area contributed by atoms with Crippen LogP contribution in [-0.4, -0.2) is 22.0 Å². The number of hydrogen-bond donors (Lipinski definition) is 1. The van der Waals surface area contributed by atoms with E-state index < -0.39 is 5.97 Å². The average Bonchev–Trinajstić information content (AvgIpc) is 2.39. The molecule has 0 saturated carbocycles. The largest absolute Gasteiger partial charge is 0.420 e. The lowest BCUT2D eigenvalue weighted by molar-refractivity contribution is 0.0728. The molecule has 5 heteroatoms. The van der Waals surface area contributed by atoms with Crippen LogP contribution in [0, 0.1) is 0 Å². The molecule has 0 aromatic carbocycles. The van der Waals surface area contributed by atoms with Gasteiger partial charge < -0.3 is 10.1 Å². The standard InChI is InChI=1S/C14H15N3O2/c1-10(2)16-13-7-3-6-12(17-13)14(18)19-11-5-4-8-15-9-11/h3-10H,1-2H3,(H,16,17). The number of nitrogens with zero attached hydrogens (tertiary/aromatic N) is 2. The predicted octanol–water partition coefficient (Wildman–Crippen LogP) is 2.52. The van der Waals surface area contributed by atoms with Crippen LogP contribution in [0.5, 0.6) is 5.75 Å². The molecule has 0 aliphatic carbocycles. The molecule has 0 aliphatic heterocycles. The molecule has 1 N–H and O–H groups in total. The minimum atomic E-state index is -0.500. The number of carbonyl (C=O) groups is 1. The number of ether oxygens (including phenoxy) is 1. The van der Waals surface area contributed by atoms with Gasteiger partial charge in [-0.2, -0.15) is 0 Å². The predicted molar refractivity (Wildman–Crippen MR) is 72.2 cm³/mol. The van der Waals surface area contributed by atoms with Gasteiger partial charge in [-0.1, -0.05) is 6.07 Å². The normalized spacial score (nSPS) is 10.3. The Bertz CT molecular complexity index is 556. The number of aromatic nitrogens is 2. The third kappa shape index (κ3) is 3.77. The molecule has 0 aliphatic rings. The zero-order valence-corrected chi connectivity index (χ0v) is 10.8. The first kappa shape index (κ1) is 13.0. The highest BCUT2D eigenvalue weighted by molar-refractivity contribution is 5.89. The van der Waals surface area contributed by atoms with E-state index in [4.69, 9.17) is 4.74 Å². The molecule has 0 amide bonds. The van der Waals surface area contributed by atoms with Crippen LogP contribution in [0.25, 0.3) is 0 Å². The van der Waals surface area contributed by atoms with Crippen LogP contribution in [0.3, 0.4) is 0 Å². The fourth-order valence-corrected chi connectivity index (χ4v) is 1.49. The van der Waals surface area contributed by atoms with E-state index in [1.54, 1.807) is 36.5 Å². The second kappa shape index (κ2) is 5.95. The van der Waals surface area contributed by atoms with Gasteiger partial charge in [-0.25, -0.2) is 9.78 Å². The number of anilines is 1. The Labute approximate surface area is 111 Å². The molecule has 19 heavy (non-hydrogen) atoms. The molecule has 2 heterocycles. The van der Waals surface area contributed by atoms with Gasteiger partial charge in [-0.05, 0) is 38.1 Å². The summed E-state index contributed by atoms with van der Waals surface area (Å²) in [5.41, 5.74) is 0.259. The van der Waals surface area contributed by atoms with Gasteiger partial charge in [0.1, 0.15) is 11.6 Å². The lowest BCUT2D eigenvalue weighted by Gasteiger charge is -2.09. The molecule has 2 aromatic heterocycles. The van der Waals surface area contributed by atoms with E-state index in [2.05, 4.69) is 15.3 Å². The minimum Gasteiger partial charge on any atom is -0.420 e. The lowest BCUT2D eigenvalue weighted by Crippen LogP contribution is -2.15. The van der Waals surface area contributed by atoms with Crippen LogP contribution in [0.4, 0.5) is 5.82 Å². The van der Waals surface area contributed by atoms with Gasteiger partial charge in [0.25, 0.3) is 0 Å². The molecule has 2 rings (SSSR count). The molecule has 98 valence electrons. The molecule has 0 fully saturated rings. The minimum absolute atomic E-state index is 0.247. The van der Waals surface area contributed by atoms with Crippen molar-refractivity contribution in [1.29, 1.82) is 0 Å². The Morgan fingerprint density at radius 3 is 2.79 bits per heavy atom. The molecule has 0 radical (unpaired) electrons. The molecule has 0 spiro atoms. The van der Waals surface area contributed by atoms with Crippen LogP contribution in [0.2, 0.25) is 0 Å². The Balaban J connectivity index is 2.11. The first-order chi connectivity index (χ1) is 9.15. The fourth-order valence-electron chi connectivity index (χ4n) is 1.49. The zero-order chi connectivity index (χ0) is 13.7. The summed E-state index contributed by atoms with van der Waals surface area (Å²) in [6.45, 7) is 4.00. The van der Waals surface area contributed by atoms with Crippen LogP contribution >= 0.6 is 0 Å². The van der Waals surface area contributed by atoms with E-state index in [9.17, 15) is 4.79 Å². The van der Waals surface area contributed by atoms with Crippen molar-refractivity contribution >= 4 is 11.8 Å². The van der Waals surface area contributed by atoms with Crippen LogP contribution in [-0.2, 0) is 0 Å². The summed E-state index contributed by atoms with van der Waals surface area (Å²) in [5.74, 6) is 0.549. The fraction of sp³-hybridized carbons (Fsp3) is 0.214. The Kier molecular flexibility index (Phi) is 4.07. The molecule has 5 nitrogen and oxygen atoms in total. The lowest BCUT2D eigenvalue weighted by atomic mass is 10.3. The van der Waals surface area contributed by atoms with E-state index in [0.717, 1.165) is 0 Å². The number of hydrogen-bond acceptors (Lipinski definition) is 5. The highest BCUT2D eigenvalue weighted by Crippen LogP contribution is 2.11. The maximum Gasteiger partial charge on any atom is 0.362 e. The van der Waals surface area contributed by atoms with E-state index in [-0.39, 0.29) is 11.7 Å². The topological polar surface area (TPSA) is 64.1 Å². The Morgan fingerprint density at radius 1 is 1.26 bits per heavy atom. The third-order valence-corrected chi connectivity index (χ3v) is 2.24. The average molecular weight is 257 g/mol. The number of esters is 1. The molecule has 0 unspecified atom stereocenters. The van der Waals surface area contributed by atoms with Crippen molar-refractivity contribution in [2.45, 2.75) is 19.9 Å². The maximum atomic E-state index is 11.9. The van der Waals surface area contributed by atoms with E-state index in [1.165, 1.54) is 6.20 Å². The molecule has 2 aromatic rings. The van der Waals surface area contributed by atoms with Gasteiger partial charge in [-0.15, -0.1) is 0 Å². The van der Waals surface area contributed by atoms with Crippen molar-refractivity contribution in [3.63, 3.8) is 0 Å². The number of rotatable bonds is 4. The SMILES string of the molecule is CC(C)Nc1cccc(C(=O)Oc2cccnc2)n1. The highest BCUT2D eigenvalue weighted by Gasteiger charge is 2.11. The van der Waals surface area contributed by atoms with Gasteiger partial charge in [0.2, 0.25) is 0 Å². The van der Waals surface area contributed by atoms with Gasteiger partial charge in [0.05, 0.1) is 6.20 Å². The smallest absolute Gasteiger partial charge is 0.362 e. The first-order valence-electron chi connectivity index (χ1n) is 6.01. The van der Waals surface area contributed by atoms with E-state index >= 15 is 0 Å². The summed E-state index contributed by atoms with van der Waals surface area (Å²) in [6, 6.07) is 8.80.